The lowest BCUT2D eigenvalue weighted by Crippen LogP contribution is -2.40. The minimum absolute atomic E-state index is 0.0211. The van der Waals surface area contributed by atoms with Crippen LogP contribution in [0.5, 0.6) is 0 Å². The zero-order chi connectivity index (χ0) is 24.3. The summed E-state index contributed by atoms with van der Waals surface area (Å²) >= 11 is 0. The van der Waals surface area contributed by atoms with Crippen molar-refractivity contribution in [3.05, 3.63) is 59.7 Å². The van der Waals surface area contributed by atoms with Crippen LogP contribution < -0.4 is 10.6 Å². The second-order valence-electron chi connectivity index (χ2n) is 8.27. The second kappa shape index (κ2) is 12.7. The molecule has 1 aliphatic rings. The monoisotopic (exact) mass is 468 g/mol. The number of carbonyl (C=O) groups is 3. The maximum atomic E-state index is 12.5. The van der Waals surface area contributed by atoms with Gasteiger partial charge in [-0.1, -0.05) is 61.9 Å². The van der Waals surface area contributed by atoms with E-state index in [1.165, 1.54) is 11.1 Å². The topological polar surface area (TPSA) is 114 Å². The number of amides is 2. The number of carboxylic acid groups (broad SMARTS) is 1. The Morgan fingerprint density at radius 2 is 1.65 bits per heavy atom. The summed E-state index contributed by atoms with van der Waals surface area (Å²) < 4.78 is 10.8. The zero-order valence-electron chi connectivity index (χ0n) is 19.4. The van der Waals surface area contributed by atoms with Crippen molar-refractivity contribution in [1.82, 2.24) is 10.6 Å². The van der Waals surface area contributed by atoms with Crippen molar-refractivity contribution >= 4 is 18.0 Å². The van der Waals surface area contributed by atoms with E-state index in [2.05, 4.69) is 34.9 Å². The van der Waals surface area contributed by atoms with E-state index < -0.39 is 12.1 Å². The Bertz CT molecular complexity index is 947. The molecular formula is C26H32N2O6. The Labute approximate surface area is 199 Å². The van der Waals surface area contributed by atoms with Gasteiger partial charge in [0.05, 0.1) is 19.6 Å². The SMILES string of the molecule is CCCC(CC(=O)NCCOCCC(=O)O)NC(=O)OCC1c2ccccc2-c2ccccc21. The van der Waals surface area contributed by atoms with Crippen molar-refractivity contribution in [3.63, 3.8) is 0 Å². The summed E-state index contributed by atoms with van der Waals surface area (Å²) in [7, 11) is 0. The molecule has 0 radical (unpaired) electrons. The van der Waals surface area contributed by atoms with Crippen molar-refractivity contribution < 1.29 is 29.0 Å². The van der Waals surface area contributed by atoms with Crippen LogP contribution in [0.25, 0.3) is 11.1 Å². The molecule has 1 aliphatic carbocycles. The van der Waals surface area contributed by atoms with Crippen molar-refractivity contribution in [2.45, 2.75) is 44.6 Å². The fourth-order valence-corrected chi connectivity index (χ4v) is 4.20. The molecule has 1 unspecified atom stereocenters. The van der Waals surface area contributed by atoms with E-state index in [4.69, 9.17) is 14.6 Å². The van der Waals surface area contributed by atoms with E-state index in [-0.39, 0.29) is 57.1 Å². The van der Waals surface area contributed by atoms with Crippen LogP contribution in [0.1, 0.15) is 49.7 Å². The van der Waals surface area contributed by atoms with Gasteiger partial charge in [-0.15, -0.1) is 0 Å². The lowest BCUT2D eigenvalue weighted by atomic mass is 9.98. The molecular weight excluding hydrogens is 436 g/mol. The number of aliphatic carboxylic acids is 1. The molecule has 3 rings (SSSR count). The maximum Gasteiger partial charge on any atom is 0.407 e. The first kappa shape index (κ1) is 25.2. The van der Waals surface area contributed by atoms with Crippen LogP contribution in [0.3, 0.4) is 0 Å². The third-order valence-electron chi connectivity index (χ3n) is 5.76. The van der Waals surface area contributed by atoms with Crippen LogP contribution in [0.4, 0.5) is 4.79 Å². The summed E-state index contributed by atoms with van der Waals surface area (Å²) in [6, 6.07) is 16.0. The van der Waals surface area contributed by atoms with Crippen molar-refractivity contribution in [1.29, 1.82) is 0 Å². The molecule has 0 saturated heterocycles. The highest BCUT2D eigenvalue weighted by Gasteiger charge is 2.29. The van der Waals surface area contributed by atoms with Gasteiger partial charge in [-0.05, 0) is 28.7 Å². The van der Waals surface area contributed by atoms with Gasteiger partial charge in [0.25, 0.3) is 0 Å². The van der Waals surface area contributed by atoms with Gasteiger partial charge in [0.15, 0.2) is 0 Å². The first-order valence-electron chi connectivity index (χ1n) is 11.7. The molecule has 8 heteroatoms. The number of nitrogens with one attached hydrogen (secondary N) is 2. The Morgan fingerprint density at radius 3 is 2.26 bits per heavy atom. The zero-order valence-corrected chi connectivity index (χ0v) is 19.4. The van der Waals surface area contributed by atoms with Crippen molar-refractivity contribution in [3.8, 4) is 11.1 Å². The molecule has 3 N–H and O–H groups in total. The molecule has 2 aromatic rings. The largest absolute Gasteiger partial charge is 0.481 e. The molecule has 2 amide bonds. The number of fused-ring (bicyclic) bond motifs is 3. The summed E-state index contributed by atoms with van der Waals surface area (Å²) in [6.45, 7) is 2.83. The molecule has 0 heterocycles. The molecule has 0 fully saturated rings. The van der Waals surface area contributed by atoms with Gasteiger partial charge < -0.3 is 25.2 Å². The predicted octanol–water partition coefficient (Wildman–Crippen LogP) is 3.69. The summed E-state index contributed by atoms with van der Waals surface area (Å²) in [6.07, 6.45) is 0.973. The Kier molecular flexibility index (Phi) is 9.46. The number of benzene rings is 2. The Balaban J connectivity index is 1.46. The molecule has 0 bridgehead atoms. The molecule has 0 saturated carbocycles. The third kappa shape index (κ3) is 7.05. The lowest BCUT2D eigenvalue weighted by molar-refractivity contribution is -0.138. The lowest BCUT2D eigenvalue weighted by Gasteiger charge is -2.19. The molecule has 0 aliphatic heterocycles. The van der Waals surface area contributed by atoms with Crippen LogP contribution in [0.15, 0.2) is 48.5 Å². The van der Waals surface area contributed by atoms with Crippen LogP contribution in [0, 0.1) is 0 Å². The summed E-state index contributed by atoms with van der Waals surface area (Å²) in [5.41, 5.74) is 4.62. The van der Waals surface area contributed by atoms with Crippen LogP contribution in [-0.4, -0.2) is 55.5 Å². The summed E-state index contributed by atoms with van der Waals surface area (Å²) in [5.74, 6) is -1.16. The third-order valence-corrected chi connectivity index (χ3v) is 5.76. The second-order valence-corrected chi connectivity index (χ2v) is 8.27. The first-order chi connectivity index (χ1) is 16.5. The van der Waals surface area contributed by atoms with Gasteiger partial charge in [0.1, 0.15) is 6.61 Å². The number of rotatable bonds is 13. The smallest absolute Gasteiger partial charge is 0.407 e. The summed E-state index contributed by atoms with van der Waals surface area (Å²) in [4.78, 5) is 35.2. The maximum absolute atomic E-state index is 12.5. The van der Waals surface area contributed by atoms with Crippen LogP contribution in [-0.2, 0) is 19.1 Å². The highest BCUT2D eigenvalue weighted by Crippen LogP contribution is 2.44. The highest BCUT2D eigenvalue weighted by molar-refractivity contribution is 5.79. The fraction of sp³-hybridized carbons (Fsp3) is 0.423. The minimum atomic E-state index is -0.925. The van der Waals surface area contributed by atoms with Crippen LogP contribution >= 0.6 is 0 Å². The number of ether oxygens (including phenoxy) is 2. The first-order valence-corrected chi connectivity index (χ1v) is 11.7. The standard InChI is InChI=1S/C26H32N2O6/c1-2-7-18(16-24(29)27-13-15-33-14-12-25(30)31)28-26(32)34-17-23-21-10-5-3-8-19(21)20-9-4-6-11-22(20)23/h3-6,8-11,18,23H,2,7,12-17H2,1H3,(H,27,29)(H,28,32)(H,30,31). The minimum Gasteiger partial charge on any atom is -0.481 e. The highest BCUT2D eigenvalue weighted by atomic mass is 16.5. The normalized spacial score (nSPS) is 13.0. The van der Waals surface area contributed by atoms with Crippen molar-refractivity contribution in [2.75, 3.05) is 26.4 Å². The van der Waals surface area contributed by atoms with Crippen molar-refractivity contribution in [2.24, 2.45) is 0 Å². The van der Waals surface area contributed by atoms with Gasteiger partial charge in [-0.25, -0.2) is 4.79 Å². The molecule has 0 spiro atoms. The predicted molar refractivity (Wildman–Crippen MR) is 128 cm³/mol. The van der Waals surface area contributed by atoms with E-state index in [9.17, 15) is 14.4 Å². The van der Waals surface area contributed by atoms with E-state index in [0.717, 1.165) is 17.5 Å². The average molecular weight is 469 g/mol. The summed E-state index contributed by atoms with van der Waals surface area (Å²) in [5, 5.41) is 14.1. The molecule has 182 valence electrons. The average Bonchev–Trinajstić information content (AvgIpc) is 3.13. The van der Waals surface area contributed by atoms with E-state index in [1.807, 2.05) is 31.2 Å². The van der Waals surface area contributed by atoms with Gasteiger partial charge >= 0.3 is 12.1 Å². The molecule has 2 aromatic carbocycles. The van der Waals surface area contributed by atoms with Crippen LogP contribution in [0.2, 0.25) is 0 Å². The number of hydrogen-bond acceptors (Lipinski definition) is 5. The Hall–Kier alpha value is -3.39. The number of hydrogen-bond donors (Lipinski definition) is 3. The van der Waals surface area contributed by atoms with Gasteiger partial charge in [-0.2, -0.15) is 0 Å². The van der Waals surface area contributed by atoms with Gasteiger partial charge in [0.2, 0.25) is 5.91 Å². The Morgan fingerprint density at radius 1 is 1.00 bits per heavy atom. The van der Waals surface area contributed by atoms with Gasteiger partial charge in [-0.3, -0.25) is 9.59 Å². The number of carbonyl (C=O) groups excluding carboxylic acids is 2. The molecule has 0 aromatic heterocycles. The quantitative estimate of drug-likeness (QED) is 0.386. The van der Waals surface area contributed by atoms with Gasteiger partial charge in [0, 0.05) is 24.9 Å². The molecule has 1 atom stereocenters. The van der Waals surface area contributed by atoms with E-state index in [1.54, 1.807) is 0 Å². The van der Waals surface area contributed by atoms with E-state index >= 15 is 0 Å². The molecule has 8 nitrogen and oxygen atoms in total. The number of alkyl carbamates (subject to hydrolysis) is 1. The fourth-order valence-electron chi connectivity index (χ4n) is 4.20. The number of carboxylic acids is 1. The van der Waals surface area contributed by atoms with E-state index in [0.29, 0.717) is 6.42 Å². The molecule has 34 heavy (non-hydrogen) atoms.